The van der Waals surface area contributed by atoms with Gasteiger partial charge in [0.25, 0.3) is 0 Å². The van der Waals surface area contributed by atoms with Crippen LogP contribution in [0.4, 0.5) is 0 Å². The fourth-order valence-electron chi connectivity index (χ4n) is 2.54. The lowest BCUT2D eigenvalue weighted by atomic mass is 9.97. The molecule has 3 rings (SSSR count). The highest BCUT2D eigenvalue weighted by Gasteiger charge is 2.09. The average molecular weight is 346 g/mol. The predicted molar refractivity (Wildman–Crippen MR) is 91.4 cm³/mol. The van der Waals surface area contributed by atoms with Gasteiger partial charge in [-0.3, -0.25) is 0 Å². The SMILES string of the molecule is NC(Cc1cc(Br)cs1)Cc1cccc2ccccc12. The predicted octanol–water partition coefficient (Wildman–Crippen LogP) is 4.78. The molecule has 3 aromatic rings. The largest absolute Gasteiger partial charge is 0.327 e. The second-order valence-electron chi connectivity index (χ2n) is 5.04. The molecule has 2 N–H and O–H groups in total. The van der Waals surface area contributed by atoms with Crippen LogP contribution in [0.1, 0.15) is 10.4 Å². The van der Waals surface area contributed by atoms with Crippen LogP contribution < -0.4 is 5.73 Å². The zero-order valence-electron chi connectivity index (χ0n) is 11.1. The van der Waals surface area contributed by atoms with Gasteiger partial charge < -0.3 is 5.73 Å². The molecule has 3 heteroatoms. The van der Waals surface area contributed by atoms with E-state index in [9.17, 15) is 0 Å². The van der Waals surface area contributed by atoms with Gasteiger partial charge in [-0.2, -0.15) is 0 Å². The van der Waals surface area contributed by atoms with Crippen LogP contribution in [0, 0.1) is 0 Å². The van der Waals surface area contributed by atoms with Crippen molar-refractivity contribution in [2.45, 2.75) is 18.9 Å². The van der Waals surface area contributed by atoms with Crippen molar-refractivity contribution in [3.8, 4) is 0 Å². The van der Waals surface area contributed by atoms with Crippen LogP contribution >= 0.6 is 27.3 Å². The van der Waals surface area contributed by atoms with Crippen LogP contribution in [0.3, 0.4) is 0 Å². The van der Waals surface area contributed by atoms with Gasteiger partial charge in [-0.25, -0.2) is 0 Å². The molecule has 0 aliphatic rings. The second-order valence-corrected chi connectivity index (χ2v) is 6.95. The Morgan fingerprint density at radius 1 is 1.05 bits per heavy atom. The van der Waals surface area contributed by atoms with Crippen molar-refractivity contribution in [2.75, 3.05) is 0 Å². The third-order valence-electron chi connectivity index (χ3n) is 3.45. The molecule has 0 bridgehead atoms. The fraction of sp³-hybridized carbons (Fsp3) is 0.176. The molecule has 2 aromatic carbocycles. The lowest BCUT2D eigenvalue weighted by molar-refractivity contribution is 0.673. The number of fused-ring (bicyclic) bond motifs is 1. The number of benzene rings is 2. The molecule has 0 aliphatic carbocycles. The molecule has 0 amide bonds. The van der Waals surface area contributed by atoms with Crippen molar-refractivity contribution in [1.29, 1.82) is 0 Å². The Kier molecular flexibility index (Phi) is 4.20. The first-order chi connectivity index (χ1) is 9.72. The highest BCUT2D eigenvalue weighted by atomic mass is 79.9. The van der Waals surface area contributed by atoms with E-state index in [0.29, 0.717) is 0 Å². The molecule has 1 atom stereocenters. The molecule has 1 unspecified atom stereocenters. The first kappa shape index (κ1) is 13.8. The molecule has 102 valence electrons. The fourth-order valence-corrected chi connectivity index (χ4v) is 4.09. The van der Waals surface area contributed by atoms with Gasteiger partial charge >= 0.3 is 0 Å². The van der Waals surface area contributed by atoms with Crippen molar-refractivity contribution < 1.29 is 0 Å². The number of hydrogen-bond acceptors (Lipinski definition) is 2. The van der Waals surface area contributed by atoms with Crippen molar-refractivity contribution in [2.24, 2.45) is 5.73 Å². The van der Waals surface area contributed by atoms with Gasteiger partial charge in [0.15, 0.2) is 0 Å². The third-order valence-corrected chi connectivity index (χ3v) is 5.17. The standard InChI is InChI=1S/C17H16BrNS/c18-14-9-16(20-11-14)10-15(19)8-13-6-3-5-12-4-1-2-7-17(12)13/h1-7,9,11,15H,8,10,19H2. The summed E-state index contributed by atoms with van der Waals surface area (Å²) in [7, 11) is 0. The Bertz CT molecular complexity index is 714. The number of hydrogen-bond donors (Lipinski definition) is 1. The van der Waals surface area contributed by atoms with Gasteiger partial charge in [0.2, 0.25) is 0 Å². The van der Waals surface area contributed by atoms with Crippen LogP contribution in [0.25, 0.3) is 10.8 Å². The minimum Gasteiger partial charge on any atom is -0.327 e. The van der Waals surface area contributed by atoms with Gasteiger partial charge in [-0.1, -0.05) is 42.5 Å². The van der Waals surface area contributed by atoms with E-state index in [1.54, 1.807) is 11.3 Å². The summed E-state index contributed by atoms with van der Waals surface area (Å²) in [5.41, 5.74) is 7.67. The molecule has 20 heavy (non-hydrogen) atoms. The lowest BCUT2D eigenvalue weighted by Gasteiger charge is -2.12. The van der Waals surface area contributed by atoms with Crippen molar-refractivity contribution in [3.05, 3.63) is 68.8 Å². The highest BCUT2D eigenvalue weighted by molar-refractivity contribution is 9.10. The molecule has 0 radical (unpaired) electrons. The summed E-state index contributed by atoms with van der Waals surface area (Å²) in [4.78, 5) is 1.34. The number of thiophene rings is 1. The molecular weight excluding hydrogens is 330 g/mol. The number of nitrogens with two attached hydrogens (primary N) is 1. The maximum atomic E-state index is 6.33. The van der Waals surface area contributed by atoms with E-state index in [1.807, 2.05) is 0 Å². The Balaban J connectivity index is 1.79. The second kappa shape index (κ2) is 6.08. The van der Waals surface area contributed by atoms with E-state index in [2.05, 4.69) is 69.8 Å². The van der Waals surface area contributed by atoms with Crippen LogP contribution in [0.2, 0.25) is 0 Å². The molecule has 1 aromatic heterocycles. The maximum Gasteiger partial charge on any atom is 0.0285 e. The molecule has 0 fully saturated rings. The van der Waals surface area contributed by atoms with E-state index < -0.39 is 0 Å². The van der Waals surface area contributed by atoms with Gasteiger partial charge in [0, 0.05) is 20.8 Å². The van der Waals surface area contributed by atoms with Gasteiger partial charge in [0.05, 0.1) is 0 Å². The normalized spacial score (nSPS) is 12.7. The molecule has 0 saturated heterocycles. The molecular formula is C17H16BrNS. The van der Waals surface area contributed by atoms with Gasteiger partial charge in [-0.05, 0) is 51.2 Å². The van der Waals surface area contributed by atoms with E-state index in [-0.39, 0.29) is 6.04 Å². The minimum atomic E-state index is 0.159. The van der Waals surface area contributed by atoms with Gasteiger partial charge in [-0.15, -0.1) is 11.3 Å². The topological polar surface area (TPSA) is 26.0 Å². The highest BCUT2D eigenvalue weighted by Crippen LogP contribution is 2.23. The Hall–Kier alpha value is -1.16. The summed E-state index contributed by atoms with van der Waals surface area (Å²) in [6.07, 6.45) is 1.84. The Morgan fingerprint density at radius 3 is 2.65 bits per heavy atom. The van der Waals surface area contributed by atoms with Gasteiger partial charge in [0.1, 0.15) is 0 Å². The quantitative estimate of drug-likeness (QED) is 0.723. The number of rotatable bonds is 4. The molecule has 1 nitrogen and oxygen atoms in total. The summed E-state index contributed by atoms with van der Waals surface area (Å²) < 4.78 is 1.15. The smallest absolute Gasteiger partial charge is 0.0285 e. The summed E-state index contributed by atoms with van der Waals surface area (Å²) in [6, 6.07) is 17.3. The van der Waals surface area contributed by atoms with Crippen molar-refractivity contribution >= 4 is 38.0 Å². The molecule has 0 spiro atoms. The Labute approximate surface area is 131 Å². The van der Waals surface area contributed by atoms with Crippen LogP contribution in [0.15, 0.2) is 58.4 Å². The molecule has 1 heterocycles. The first-order valence-corrected chi connectivity index (χ1v) is 8.35. The van der Waals surface area contributed by atoms with E-state index in [4.69, 9.17) is 5.73 Å². The summed E-state index contributed by atoms with van der Waals surface area (Å²) in [5.74, 6) is 0. The van der Waals surface area contributed by atoms with E-state index in [0.717, 1.165) is 17.3 Å². The summed E-state index contributed by atoms with van der Waals surface area (Å²) >= 11 is 5.26. The van der Waals surface area contributed by atoms with Crippen LogP contribution in [-0.2, 0) is 12.8 Å². The van der Waals surface area contributed by atoms with Crippen molar-refractivity contribution in [1.82, 2.24) is 0 Å². The molecule has 0 aliphatic heterocycles. The maximum absolute atomic E-state index is 6.33. The zero-order chi connectivity index (χ0) is 13.9. The minimum absolute atomic E-state index is 0.159. The zero-order valence-corrected chi connectivity index (χ0v) is 13.5. The first-order valence-electron chi connectivity index (χ1n) is 6.67. The monoisotopic (exact) mass is 345 g/mol. The van der Waals surface area contributed by atoms with E-state index >= 15 is 0 Å². The van der Waals surface area contributed by atoms with Crippen molar-refractivity contribution in [3.63, 3.8) is 0 Å². The number of halogens is 1. The summed E-state index contributed by atoms with van der Waals surface area (Å²) in [6.45, 7) is 0. The lowest BCUT2D eigenvalue weighted by Crippen LogP contribution is -2.25. The molecule has 0 saturated carbocycles. The third kappa shape index (κ3) is 3.11. The summed E-state index contributed by atoms with van der Waals surface area (Å²) in [5, 5.41) is 4.72. The average Bonchev–Trinajstić information content (AvgIpc) is 2.84. The van der Waals surface area contributed by atoms with Crippen LogP contribution in [-0.4, -0.2) is 6.04 Å². The Morgan fingerprint density at radius 2 is 1.85 bits per heavy atom. The van der Waals surface area contributed by atoms with Crippen LogP contribution in [0.5, 0.6) is 0 Å². The van der Waals surface area contributed by atoms with E-state index in [1.165, 1.54) is 21.2 Å².